The lowest BCUT2D eigenvalue weighted by Gasteiger charge is -2.60. The van der Waals surface area contributed by atoms with Crippen molar-refractivity contribution in [3.05, 3.63) is 0 Å². The Labute approximate surface area is 131 Å². The first kappa shape index (κ1) is 13.1. The fourth-order valence-corrected chi connectivity index (χ4v) is 590. The lowest BCUT2D eigenvalue weighted by molar-refractivity contribution is 3.22. The van der Waals surface area contributed by atoms with Gasteiger partial charge in [-0.1, -0.05) is 0 Å². The first-order chi connectivity index (χ1) is 6.24. The lowest BCUT2D eigenvalue weighted by atomic mass is 25.6. The van der Waals surface area contributed by atoms with E-state index in [1.165, 1.54) is 51.3 Å². The molecular formula is Br4Si10. The van der Waals surface area contributed by atoms with E-state index in [0.29, 0.717) is 0 Å². The van der Waals surface area contributed by atoms with Crippen molar-refractivity contribution in [3.63, 3.8) is 0 Å². The standard InChI is InChI=1S/Br4Si10/c1-11-5-12(2)8-13(3,6-11)10-14(4,7-11)9-12. The van der Waals surface area contributed by atoms with Crippen LogP contribution >= 0.6 is 61.2 Å². The van der Waals surface area contributed by atoms with Crippen molar-refractivity contribution in [2.24, 2.45) is 0 Å². The maximum Gasteiger partial charge on any atom is 0.0858 e. The SMILES string of the molecule is Br[Si]12[Si][Si]3(Br)[Si][Si](Br)([Si]1)[Si][Si](Br)([Si]2)[Si]3. The van der Waals surface area contributed by atoms with E-state index in [9.17, 15) is 0 Å². The molecule has 4 fully saturated rings. The van der Waals surface area contributed by atoms with Gasteiger partial charge < -0.3 is 0 Å². The molecule has 0 amide bonds. The fraction of sp³-hybridized carbons (Fsp3) is 0. The number of hydrogen-bond donors (Lipinski definition) is 0. The molecule has 0 nitrogen and oxygen atoms in total. The molecule has 0 aromatic rings. The van der Waals surface area contributed by atoms with Crippen LogP contribution in [0.2, 0.25) is 0 Å². The zero-order chi connectivity index (χ0) is 10.2. The number of hydrogen-bond acceptors (Lipinski definition) is 0. The second kappa shape index (κ2) is 3.81. The van der Waals surface area contributed by atoms with E-state index in [2.05, 4.69) is 61.2 Å². The maximum absolute atomic E-state index is 4.27. The van der Waals surface area contributed by atoms with Gasteiger partial charge in [0.05, 0.1) is 21.0 Å². The quantitative estimate of drug-likeness (QED) is 0.262. The largest absolute Gasteiger partial charge is 0.139 e. The Balaban J connectivity index is 2.08. The molecule has 0 aromatic carbocycles. The van der Waals surface area contributed by atoms with Gasteiger partial charge in [-0.25, -0.2) is 0 Å². The highest BCUT2D eigenvalue weighted by molar-refractivity contribution is 9.43. The molecule has 0 aliphatic carbocycles. The summed E-state index contributed by atoms with van der Waals surface area (Å²) < 4.78 is 0. The van der Waals surface area contributed by atoms with Crippen molar-refractivity contribution in [2.75, 3.05) is 0 Å². The topological polar surface area (TPSA) is 0 Å². The van der Waals surface area contributed by atoms with Crippen LogP contribution in [0.1, 0.15) is 0 Å². The maximum atomic E-state index is 4.27. The van der Waals surface area contributed by atoms with Crippen LogP contribution in [-0.4, -0.2) is 72.3 Å². The van der Waals surface area contributed by atoms with Gasteiger partial charge in [0.25, 0.3) is 0 Å². The zero-order valence-electron chi connectivity index (χ0n) is 6.51. The van der Waals surface area contributed by atoms with Gasteiger partial charge >= 0.3 is 0 Å². The Morgan fingerprint density at radius 2 is 0.571 bits per heavy atom. The molecule has 12 radical (unpaired) electrons. The highest BCUT2D eigenvalue weighted by Gasteiger charge is 2.70. The van der Waals surface area contributed by atoms with Gasteiger partial charge in [0.2, 0.25) is 0 Å². The summed E-state index contributed by atoms with van der Waals surface area (Å²) in [5.74, 6) is 0. The van der Waals surface area contributed by atoms with E-state index in [-0.39, 0.29) is 0 Å². The fourth-order valence-electron chi connectivity index (χ4n) is 1.80. The van der Waals surface area contributed by atoms with Crippen LogP contribution in [0.3, 0.4) is 0 Å². The van der Waals surface area contributed by atoms with E-state index in [0.717, 1.165) is 0 Å². The van der Waals surface area contributed by atoms with Crippen LogP contribution in [0.5, 0.6) is 0 Å². The Bertz CT molecular complexity index is 205. The molecule has 14 heteroatoms. The normalized spacial score (nSPS) is 66.0. The van der Waals surface area contributed by atoms with E-state index < -0.39 is 21.0 Å². The first-order valence-corrected chi connectivity index (χ1v) is 38.8. The summed E-state index contributed by atoms with van der Waals surface area (Å²) in [6.45, 7) is 0. The minimum atomic E-state index is -0.856. The minimum Gasteiger partial charge on any atom is -0.139 e. The summed E-state index contributed by atoms with van der Waals surface area (Å²) in [4.78, 5) is 0. The number of rotatable bonds is 0. The Kier molecular flexibility index (Phi) is 3.56. The monoisotopic (exact) mass is 595 g/mol. The smallest absolute Gasteiger partial charge is 0.0858 e. The molecule has 0 atom stereocenters. The van der Waals surface area contributed by atoms with Gasteiger partial charge in [-0.3, -0.25) is 0 Å². The average molecular weight is 600 g/mol. The van der Waals surface area contributed by atoms with Gasteiger partial charge in [-0.15, -0.1) is 61.2 Å². The van der Waals surface area contributed by atoms with Gasteiger partial charge in [0.1, 0.15) is 0 Å². The van der Waals surface area contributed by atoms with Crippen LogP contribution < -0.4 is 0 Å². The van der Waals surface area contributed by atoms with Gasteiger partial charge in [0, 0.05) is 51.3 Å². The molecule has 4 aliphatic rings. The van der Waals surface area contributed by atoms with Gasteiger partial charge in [-0.05, 0) is 0 Å². The minimum absolute atomic E-state index is 0.856. The van der Waals surface area contributed by atoms with Crippen molar-refractivity contribution in [3.8, 4) is 0 Å². The molecule has 0 N–H and O–H groups in total. The average Bonchev–Trinajstić information content (AvgIpc) is 1.67. The van der Waals surface area contributed by atoms with Crippen molar-refractivity contribution in [1.82, 2.24) is 0 Å². The first-order valence-electron chi connectivity index (χ1n) is 3.76. The van der Waals surface area contributed by atoms with Crippen molar-refractivity contribution < 1.29 is 0 Å². The highest BCUT2D eigenvalue weighted by atomic mass is 79.9. The molecule has 4 saturated heterocycles. The molecule has 0 aromatic heterocycles. The molecule has 0 unspecified atom stereocenters. The van der Waals surface area contributed by atoms with E-state index in [4.69, 9.17) is 0 Å². The van der Waals surface area contributed by atoms with Crippen molar-refractivity contribution in [2.45, 2.75) is 0 Å². The summed E-state index contributed by atoms with van der Waals surface area (Å²) in [6.07, 6.45) is 0. The summed E-state index contributed by atoms with van der Waals surface area (Å²) in [5, 5.41) is -3.42. The summed E-state index contributed by atoms with van der Waals surface area (Å²) in [7, 11) is 8.47. The van der Waals surface area contributed by atoms with Crippen molar-refractivity contribution >= 4 is 133 Å². The third-order valence-electron chi connectivity index (χ3n) is 2.07. The Morgan fingerprint density at radius 1 is 0.429 bits per heavy atom. The Morgan fingerprint density at radius 3 is 0.714 bits per heavy atom. The molecule has 14 heavy (non-hydrogen) atoms. The molecule has 4 rings (SSSR count). The predicted molar refractivity (Wildman–Crippen MR) is 93.2 cm³/mol. The Hall–Kier alpha value is 4.09. The number of halogens is 4. The van der Waals surface area contributed by atoms with Crippen LogP contribution in [-0.2, 0) is 0 Å². The van der Waals surface area contributed by atoms with E-state index in [1.54, 1.807) is 0 Å². The summed E-state index contributed by atoms with van der Waals surface area (Å²) >= 11 is 17.1. The van der Waals surface area contributed by atoms with Crippen molar-refractivity contribution in [1.29, 1.82) is 0 Å². The lowest BCUT2D eigenvalue weighted by Crippen LogP contribution is -2.96. The van der Waals surface area contributed by atoms with Crippen LogP contribution in [0.15, 0.2) is 0 Å². The highest BCUT2D eigenvalue weighted by Crippen LogP contribution is 2.42. The van der Waals surface area contributed by atoms with Crippen LogP contribution in [0.25, 0.3) is 0 Å². The molecule has 0 saturated carbocycles. The molecule has 4 aliphatic heterocycles. The molecule has 0 spiro atoms. The van der Waals surface area contributed by atoms with Crippen LogP contribution in [0, 0.1) is 0 Å². The summed E-state index contributed by atoms with van der Waals surface area (Å²) in [6, 6.07) is 0. The third kappa shape index (κ3) is 2.28. The molecule has 4 heterocycles. The second-order valence-electron chi connectivity index (χ2n) is 3.38. The van der Waals surface area contributed by atoms with Gasteiger partial charge in [-0.2, -0.15) is 0 Å². The van der Waals surface area contributed by atoms with E-state index in [1.807, 2.05) is 0 Å². The molecule has 4 bridgehead atoms. The zero-order valence-corrected chi connectivity index (χ0v) is 22.9. The van der Waals surface area contributed by atoms with Gasteiger partial charge in [0.15, 0.2) is 0 Å². The van der Waals surface area contributed by atoms with Crippen LogP contribution in [0.4, 0.5) is 0 Å². The summed E-state index contributed by atoms with van der Waals surface area (Å²) in [5.41, 5.74) is 0. The molecular weight excluding hydrogens is 600 g/mol. The second-order valence-corrected chi connectivity index (χ2v) is 114. The third-order valence-corrected chi connectivity index (χ3v) is 201. The molecule has 68 valence electrons. The van der Waals surface area contributed by atoms with E-state index >= 15 is 0 Å². The predicted octanol–water partition coefficient (Wildman–Crippen LogP) is -0.426.